The Labute approximate surface area is 834 Å². The summed E-state index contributed by atoms with van der Waals surface area (Å²) in [4.78, 5) is 0. The molecule has 37 rings (SSSR count). The van der Waals surface area contributed by atoms with Gasteiger partial charge < -0.3 is 14.2 Å². The molecule has 0 fully saturated rings. The Morgan fingerprint density at radius 1 is 0.219 bits per heavy atom. The summed E-state index contributed by atoms with van der Waals surface area (Å²) in [5.74, 6) is 8.81. The van der Waals surface area contributed by atoms with Gasteiger partial charge in [0.2, 0.25) is 17.1 Å². The molecule has 9 aliphatic heterocycles. The zero-order chi connectivity index (χ0) is 95.6. The zero-order valence-corrected chi connectivity index (χ0v) is 80.2. The molecule has 0 saturated heterocycles. The molecule has 3 atom stereocenters. The summed E-state index contributed by atoms with van der Waals surface area (Å²) in [6.07, 6.45) is 6.78. The van der Waals surface area contributed by atoms with Gasteiger partial charge in [-0.1, -0.05) is 220 Å². The lowest BCUT2D eigenvalue weighted by Crippen LogP contribution is -2.77. The Balaban J connectivity index is 0.0000000925. The fourth-order valence-electron chi connectivity index (χ4n) is 29.4. The highest BCUT2D eigenvalue weighted by atomic mass is 16.5. The van der Waals surface area contributed by atoms with E-state index >= 15 is 0 Å². The molecule has 0 amide bonds. The molecule has 9 aromatic heterocycles. The number of fused-ring (bicyclic) bond motifs is 29. The van der Waals surface area contributed by atoms with Gasteiger partial charge in [0.25, 0.3) is 17.5 Å². The van der Waals surface area contributed by atoms with Crippen molar-refractivity contribution in [1.82, 2.24) is 27.7 Å². The molecule has 18 aromatic carbocycles. The molecule has 0 bridgehead atoms. The molecule has 0 N–H and O–H groups in total. The van der Waals surface area contributed by atoms with Crippen LogP contribution < -0.4 is 42.0 Å². The van der Waals surface area contributed by atoms with Gasteiger partial charge in [0.05, 0.1) is 52.4 Å². The van der Waals surface area contributed by atoms with Crippen molar-refractivity contribution in [3.05, 3.63) is 468 Å². The van der Waals surface area contributed by atoms with Gasteiger partial charge in [-0.25, -0.2) is 0 Å². The van der Waals surface area contributed by atoms with Crippen LogP contribution in [0.3, 0.4) is 0 Å². The summed E-state index contributed by atoms with van der Waals surface area (Å²) < 4.78 is 50.5. The third-order valence-corrected chi connectivity index (χ3v) is 34.5. The highest BCUT2D eigenvalue weighted by Gasteiger charge is 2.74. The molecule has 27 aromatic rings. The predicted octanol–water partition coefficient (Wildman–Crippen LogP) is 26.8. The molecule has 18 heterocycles. The standard InChI is InChI=1S/C45H28N4O.2C43H28N4O/c1-25-40(28-19-20-29-31-13-7-10-27-11-8-14-32(41(27)31)34(29)24-28)26(2)49-45-42-36(48(25)49)16-9-17-37(42)50-38-22-21-33-30-12-3-4-15-35(30)47(44(33)43(38)45)39-18-5-6-23-46(39)45;1-25-39(33-24-27-12-3-4-13-28(27)29-14-5-6-15-30(29)33)26(2)47-43-40-35(46(25)47)18-11-19-36(40)48-37-22-21-32-31-16-7-8-17-34(31)45(42(32)41(37)43)38-20-9-10-23-44(38)43;1-25-39(30-18-17-29-22-27-10-3-4-11-28(27)23-31(29)24-30)26(2)47-43-40-35(46(25)47)14-9-15-36(40)48-37-20-19-33-32-12-5-6-13-34(32)45(42(33)41(37)43)38-16-7-8-21-44(38)43/h3-24H,1-2H3;2*3-24H,1-2H3/q3*+2. The van der Waals surface area contributed by atoms with Crippen molar-refractivity contribution >= 4 is 119 Å². The number of hydrogen-bond acceptors (Lipinski definition) is 3. The first-order valence-corrected chi connectivity index (χ1v) is 50.6. The van der Waals surface area contributed by atoms with Gasteiger partial charge >= 0.3 is 17.0 Å². The first-order chi connectivity index (χ1) is 72.0. The number of aromatic nitrogens is 12. The van der Waals surface area contributed by atoms with E-state index in [4.69, 9.17) is 14.2 Å². The number of ether oxygens (including phenoxy) is 3. The number of rotatable bonds is 3. The van der Waals surface area contributed by atoms with Crippen LogP contribution in [-0.2, 0) is 17.0 Å². The fourth-order valence-corrected chi connectivity index (χ4v) is 29.4. The van der Waals surface area contributed by atoms with Crippen LogP contribution in [0.25, 0.3) is 209 Å². The van der Waals surface area contributed by atoms with Crippen LogP contribution in [0.1, 0.15) is 67.5 Å². The molecular weight excluding hydrogens is 1790 g/mol. The van der Waals surface area contributed by atoms with Crippen LogP contribution in [0.2, 0.25) is 0 Å². The average Bonchev–Trinajstić information content (AvgIpc) is 1.48. The first kappa shape index (κ1) is 77.9. The van der Waals surface area contributed by atoms with Crippen molar-refractivity contribution in [2.75, 3.05) is 0 Å². The molecule has 3 unspecified atom stereocenters. The van der Waals surface area contributed by atoms with Gasteiger partial charge in [-0.05, 0) is 271 Å². The smallest absolute Gasteiger partial charge is 0.397 e. The highest BCUT2D eigenvalue weighted by molar-refractivity contribution is 6.19. The number of nitrogens with zero attached hydrogens (tertiary/aromatic N) is 12. The van der Waals surface area contributed by atoms with E-state index in [1.54, 1.807) is 0 Å². The van der Waals surface area contributed by atoms with E-state index in [0.29, 0.717) is 0 Å². The SMILES string of the molecule is Cc1c(-c2cc3ccccc3c3ccccc23)c(C)[n+]2n1-c1cccc3c1C21c2c(ccc4c5ccccc5n(c24)-c2cccc[n+]21)O3.Cc1c(-c2ccc3c(c2)-c2cccc4cccc-3c24)c(C)[n+]2n1-c1cccc3c1C21c2c(ccc4c5ccccc5n(c24)-c2cccc[n+]21)O3.Cc1c(-c2ccc3cc4ccccc4cc3c2)c(C)[n+]2n1-c1cccc3c1C21c2c(ccc4c5ccccc5n(c24)-c2cccc[n+]21)O3. The molecular formula is C131H84N12O3+6. The Kier molecular flexibility index (Phi) is 14.2. The number of pyridine rings is 3. The minimum atomic E-state index is -0.709. The second kappa shape index (κ2) is 26.7. The van der Waals surface area contributed by atoms with E-state index in [2.05, 4.69) is 498 Å². The normalized spacial score (nSPS) is 16.4. The minimum Gasteiger partial charge on any atom is -0.456 e. The number of para-hydroxylation sites is 3. The largest absolute Gasteiger partial charge is 0.456 e. The van der Waals surface area contributed by atoms with Gasteiger partial charge in [-0.15, -0.1) is 14.0 Å². The second-order valence-electron chi connectivity index (χ2n) is 41.1. The Morgan fingerprint density at radius 2 is 0.575 bits per heavy atom. The van der Waals surface area contributed by atoms with Gasteiger partial charge in [-0.3, -0.25) is 0 Å². The van der Waals surface area contributed by atoms with Crippen molar-refractivity contribution in [1.29, 1.82) is 0 Å². The van der Waals surface area contributed by atoms with Crippen LogP contribution in [0, 0.1) is 41.5 Å². The van der Waals surface area contributed by atoms with Gasteiger partial charge in [-0.2, -0.15) is 27.4 Å². The average molecular weight is 1870 g/mol. The summed E-state index contributed by atoms with van der Waals surface area (Å²) >= 11 is 0. The first-order valence-electron chi connectivity index (χ1n) is 50.6. The molecule has 10 aliphatic rings. The fraction of sp³-hybridized carbons (Fsp3) is 0.0687. The molecule has 0 radical (unpaired) electrons. The maximum Gasteiger partial charge on any atom is 0.397 e. The van der Waals surface area contributed by atoms with Gasteiger partial charge in [0.1, 0.15) is 84.8 Å². The highest BCUT2D eigenvalue weighted by Crippen LogP contribution is 2.63. The topological polar surface area (TPSA) is 80.5 Å². The molecule has 680 valence electrons. The third kappa shape index (κ3) is 8.84. The van der Waals surface area contributed by atoms with Crippen LogP contribution in [0.4, 0.5) is 0 Å². The summed E-state index contributed by atoms with van der Waals surface area (Å²) in [7, 11) is 0. The Hall–Kier alpha value is -18.9. The van der Waals surface area contributed by atoms with E-state index in [0.717, 1.165) is 69.0 Å². The molecule has 3 spiro atoms. The van der Waals surface area contributed by atoms with Crippen LogP contribution in [0.5, 0.6) is 34.5 Å². The third-order valence-electron chi connectivity index (χ3n) is 34.5. The maximum absolute atomic E-state index is 6.89. The van der Waals surface area contributed by atoms with Crippen molar-refractivity contribution in [2.24, 2.45) is 0 Å². The molecule has 1 aliphatic carbocycles. The van der Waals surface area contributed by atoms with Crippen molar-refractivity contribution in [3.63, 3.8) is 0 Å². The lowest BCUT2D eigenvalue weighted by atomic mass is 9.83. The summed E-state index contributed by atoms with van der Waals surface area (Å²) in [5, 5.41) is 20.2. The molecule has 146 heavy (non-hydrogen) atoms. The van der Waals surface area contributed by atoms with Crippen LogP contribution in [-0.4, -0.2) is 27.7 Å². The number of benzene rings is 18. The van der Waals surface area contributed by atoms with E-state index < -0.39 is 17.0 Å². The quantitative estimate of drug-likeness (QED) is 0.100. The van der Waals surface area contributed by atoms with E-state index in [1.807, 2.05) is 0 Å². The van der Waals surface area contributed by atoms with Crippen molar-refractivity contribution in [2.45, 2.75) is 58.5 Å². The Morgan fingerprint density at radius 3 is 1.05 bits per heavy atom. The lowest BCUT2D eigenvalue weighted by Gasteiger charge is -2.33. The summed E-state index contributed by atoms with van der Waals surface area (Å²) in [6.45, 7) is 13.8. The molecule has 0 saturated carbocycles. The van der Waals surface area contributed by atoms with E-state index in [-0.39, 0.29) is 0 Å². The Bertz CT molecular complexity index is 11000. The second-order valence-corrected chi connectivity index (χ2v) is 41.1. The molecule has 15 nitrogen and oxygen atoms in total. The van der Waals surface area contributed by atoms with Crippen molar-refractivity contribution in [3.8, 4) is 125 Å². The van der Waals surface area contributed by atoms with E-state index in [9.17, 15) is 0 Å². The van der Waals surface area contributed by atoms with Crippen molar-refractivity contribution < 1.29 is 42.0 Å². The predicted molar refractivity (Wildman–Crippen MR) is 572 cm³/mol. The van der Waals surface area contributed by atoms with Crippen LogP contribution >= 0.6 is 0 Å². The summed E-state index contributed by atoms with van der Waals surface area (Å²) in [6, 6.07) is 140. The van der Waals surface area contributed by atoms with Gasteiger partial charge in [0.15, 0.2) is 33.2 Å². The summed E-state index contributed by atoms with van der Waals surface area (Å²) in [5.41, 5.74) is 35.7. The lowest BCUT2D eigenvalue weighted by molar-refractivity contribution is -0.996. The minimum absolute atomic E-state index is 0.694. The van der Waals surface area contributed by atoms with Crippen LogP contribution in [0.15, 0.2) is 401 Å². The van der Waals surface area contributed by atoms with E-state index in [1.165, 1.54) is 242 Å². The maximum atomic E-state index is 6.89. The van der Waals surface area contributed by atoms with Gasteiger partial charge in [0, 0.05) is 71.3 Å². The zero-order valence-electron chi connectivity index (χ0n) is 80.2. The monoisotopic (exact) mass is 1870 g/mol. The number of hydrogen-bond donors (Lipinski definition) is 0. The molecule has 15 heteroatoms.